The van der Waals surface area contributed by atoms with Crippen LogP contribution in [0.25, 0.3) is 0 Å². The lowest BCUT2D eigenvalue weighted by Gasteiger charge is -2.24. The number of hydrogen-bond donors (Lipinski definition) is 1. The first-order valence-electron chi connectivity index (χ1n) is 11.9. The molecule has 2 atom stereocenters. The number of hydrogen-bond acceptors (Lipinski definition) is 3. The van der Waals surface area contributed by atoms with Gasteiger partial charge in [0.2, 0.25) is 0 Å². The first-order chi connectivity index (χ1) is 15.3. The lowest BCUT2D eigenvalue weighted by molar-refractivity contribution is -0.0238. The summed E-state index contributed by atoms with van der Waals surface area (Å²) >= 11 is 0. The lowest BCUT2D eigenvalue weighted by atomic mass is 9.97. The van der Waals surface area contributed by atoms with Crippen LogP contribution in [0.4, 0.5) is 8.78 Å². The van der Waals surface area contributed by atoms with E-state index in [4.69, 9.17) is 4.74 Å². The van der Waals surface area contributed by atoms with Crippen molar-refractivity contribution in [1.82, 2.24) is 4.90 Å². The van der Waals surface area contributed by atoms with Crippen LogP contribution in [0, 0.1) is 25.5 Å². The highest BCUT2D eigenvalue weighted by Gasteiger charge is 2.20. The Kier molecular flexibility index (Phi) is 11.3. The first kappa shape index (κ1) is 26.4. The molecule has 0 amide bonds. The van der Waals surface area contributed by atoms with Crippen molar-refractivity contribution in [3.8, 4) is 0 Å². The van der Waals surface area contributed by atoms with Crippen LogP contribution in [0.2, 0.25) is 0 Å². The van der Waals surface area contributed by atoms with Gasteiger partial charge in [-0.05, 0) is 87.0 Å². The van der Waals surface area contributed by atoms with Crippen molar-refractivity contribution < 1.29 is 18.6 Å². The minimum atomic E-state index is -0.480. The first-order valence-corrected chi connectivity index (χ1v) is 11.9. The van der Waals surface area contributed by atoms with Gasteiger partial charge in [-0.2, -0.15) is 0 Å². The molecule has 0 saturated carbocycles. The van der Waals surface area contributed by atoms with E-state index in [1.807, 2.05) is 26.0 Å². The molecule has 0 radical (unpaired) electrons. The summed E-state index contributed by atoms with van der Waals surface area (Å²) < 4.78 is 32.6. The van der Waals surface area contributed by atoms with E-state index in [0.29, 0.717) is 25.1 Å². The Morgan fingerprint density at radius 3 is 2.34 bits per heavy atom. The molecule has 1 heterocycles. The molecule has 3 nitrogen and oxygen atoms in total. The highest BCUT2D eigenvalue weighted by atomic mass is 19.1. The lowest BCUT2D eigenvalue weighted by Crippen LogP contribution is -2.33. The van der Waals surface area contributed by atoms with E-state index in [-0.39, 0.29) is 17.7 Å². The second-order valence-corrected chi connectivity index (χ2v) is 8.69. The standard InChI is InChI=1S/C19H30FNO2.C8H9F/c1-3-8-19(17-9-7-10-18(20)16(17)4-2)23-14-15(22)13-21-11-5-6-12-21;1-6-3-4-7(2)8(9)5-6/h7,9-10,15,19,22H,3-6,8,11-14H2,1-2H3;3-5H,1-2H3. The minimum absolute atomic E-state index is 0.116. The third-order valence-corrected chi connectivity index (χ3v) is 5.89. The van der Waals surface area contributed by atoms with Crippen molar-refractivity contribution in [1.29, 1.82) is 0 Å². The highest BCUT2D eigenvalue weighted by molar-refractivity contribution is 5.30. The number of aliphatic hydroxyl groups is 1. The van der Waals surface area contributed by atoms with Crippen LogP contribution in [0.15, 0.2) is 36.4 Å². The van der Waals surface area contributed by atoms with Crippen molar-refractivity contribution in [3.63, 3.8) is 0 Å². The molecule has 1 saturated heterocycles. The third kappa shape index (κ3) is 8.27. The van der Waals surface area contributed by atoms with Crippen LogP contribution in [0.1, 0.15) is 67.9 Å². The van der Waals surface area contributed by atoms with E-state index < -0.39 is 6.10 Å². The van der Waals surface area contributed by atoms with Crippen LogP contribution in [0.5, 0.6) is 0 Å². The molecule has 0 aliphatic carbocycles. The van der Waals surface area contributed by atoms with Gasteiger partial charge >= 0.3 is 0 Å². The Bertz CT molecular complexity index is 821. The smallest absolute Gasteiger partial charge is 0.126 e. The summed E-state index contributed by atoms with van der Waals surface area (Å²) in [7, 11) is 0. The molecular formula is C27H39F2NO2. The number of rotatable bonds is 9. The van der Waals surface area contributed by atoms with Gasteiger partial charge in [-0.15, -0.1) is 0 Å². The van der Waals surface area contributed by atoms with Gasteiger partial charge in [-0.25, -0.2) is 8.78 Å². The predicted molar refractivity (Wildman–Crippen MR) is 127 cm³/mol. The van der Waals surface area contributed by atoms with Gasteiger partial charge < -0.3 is 14.7 Å². The maximum absolute atomic E-state index is 14.0. The van der Waals surface area contributed by atoms with Crippen molar-refractivity contribution in [2.24, 2.45) is 0 Å². The Labute approximate surface area is 192 Å². The number of ether oxygens (including phenoxy) is 1. The monoisotopic (exact) mass is 447 g/mol. The van der Waals surface area contributed by atoms with Gasteiger partial charge in [0.1, 0.15) is 11.6 Å². The highest BCUT2D eigenvalue weighted by Crippen LogP contribution is 2.28. The normalized spacial score (nSPS) is 15.8. The van der Waals surface area contributed by atoms with Gasteiger partial charge in [0, 0.05) is 6.54 Å². The van der Waals surface area contributed by atoms with Crippen molar-refractivity contribution in [2.75, 3.05) is 26.2 Å². The topological polar surface area (TPSA) is 32.7 Å². The average Bonchev–Trinajstić information content (AvgIpc) is 3.27. The summed E-state index contributed by atoms with van der Waals surface area (Å²) in [6.07, 6.45) is 4.27. The summed E-state index contributed by atoms with van der Waals surface area (Å²) in [5.41, 5.74) is 3.35. The fourth-order valence-corrected chi connectivity index (χ4v) is 4.08. The van der Waals surface area contributed by atoms with Crippen LogP contribution >= 0.6 is 0 Å². The average molecular weight is 448 g/mol. The predicted octanol–water partition coefficient (Wildman–Crippen LogP) is 6.15. The number of halogens is 2. The molecule has 32 heavy (non-hydrogen) atoms. The number of benzene rings is 2. The third-order valence-electron chi connectivity index (χ3n) is 5.89. The molecule has 0 spiro atoms. The maximum Gasteiger partial charge on any atom is 0.126 e. The Hall–Kier alpha value is -1.82. The zero-order valence-corrected chi connectivity index (χ0v) is 20.0. The quantitative estimate of drug-likeness (QED) is 0.501. The van der Waals surface area contributed by atoms with E-state index >= 15 is 0 Å². The van der Waals surface area contributed by atoms with E-state index in [1.54, 1.807) is 19.1 Å². The van der Waals surface area contributed by atoms with Gasteiger partial charge in [0.25, 0.3) is 0 Å². The zero-order valence-electron chi connectivity index (χ0n) is 20.0. The minimum Gasteiger partial charge on any atom is -0.389 e. The van der Waals surface area contributed by atoms with E-state index in [9.17, 15) is 13.9 Å². The van der Waals surface area contributed by atoms with Gasteiger partial charge in [0.05, 0.1) is 18.8 Å². The molecule has 0 aromatic heterocycles. The molecule has 2 aromatic carbocycles. The molecule has 3 rings (SSSR count). The summed E-state index contributed by atoms with van der Waals surface area (Å²) in [6, 6.07) is 10.4. The Balaban J connectivity index is 0.000000336. The second kappa shape index (κ2) is 13.7. The van der Waals surface area contributed by atoms with E-state index in [2.05, 4.69) is 11.8 Å². The molecule has 1 aliphatic heterocycles. The molecule has 1 aliphatic rings. The fourth-order valence-electron chi connectivity index (χ4n) is 4.08. The maximum atomic E-state index is 14.0. The number of aliphatic hydroxyl groups excluding tert-OH is 1. The molecule has 178 valence electrons. The number of likely N-dealkylation sites (tertiary alicyclic amines) is 1. The second-order valence-electron chi connectivity index (χ2n) is 8.69. The van der Waals surface area contributed by atoms with E-state index in [0.717, 1.165) is 42.6 Å². The van der Waals surface area contributed by atoms with Gasteiger partial charge in [-0.3, -0.25) is 0 Å². The van der Waals surface area contributed by atoms with Crippen LogP contribution < -0.4 is 0 Å². The Morgan fingerprint density at radius 2 is 1.75 bits per heavy atom. The van der Waals surface area contributed by atoms with Gasteiger partial charge in [-0.1, -0.05) is 44.5 Å². The number of nitrogens with zero attached hydrogens (tertiary/aromatic N) is 1. The molecular weight excluding hydrogens is 408 g/mol. The largest absolute Gasteiger partial charge is 0.389 e. The van der Waals surface area contributed by atoms with Crippen molar-refractivity contribution >= 4 is 0 Å². The molecule has 5 heteroatoms. The molecule has 2 aromatic rings. The summed E-state index contributed by atoms with van der Waals surface area (Å²) in [6.45, 7) is 10.8. The summed E-state index contributed by atoms with van der Waals surface area (Å²) in [4.78, 5) is 2.28. The van der Waals surface area contributed by atoms with Crippen LogP contribution in [-0.4, -0.2) is 42.4 Å². The molecule has 0 bridgehead atoms. The van der Waals surface area contributed by atoms with Crippen LogP contribution in [-0.2, 0) is 11.2 Å². The molecule has 2 unspecified atom stereocenters. The summed E-state index contributed by atoms with van der Waals surface area (Å²) in [5, 5.41) is 10.2. The number of aryl methyl sites for hydroxylation is 2. The molecule has 1 fully saturated rings. The van der Waals surface area contributed by atoms with Crippen LogP contribution in [0.3, 0.4) is 0 Å². The summed E-state index contributed by atoms with van der Waals surface area (Å²) in [5.74, 6) is -0.276. The fraction of sp³-hybridized carbons (Fsp3) is 0.556. The number of β-amino-alcohol motifs (C(OH)–C–C–N with tert-alkyl or cyclic N) is 1. The van der Waals surface area contributed by atoms with Gasteiger partial charge in [0.15, 0.2) is 0 Å². The van der Waals surface area contributed by atoms with Crippen molar-refractivity contribution in [2.45, 2.75) is 72.0 Å². The van der Waals surface area contributed by atoms with Crippen molar-refractivity contribution in [3.05, 3.63) is 70.3 Å². The zero-order chi connectivity index (χ0) is 23.5. The van der Waals surface area contributed by atoms with E-state index in [1.165, 1.54) is 25.0 Å². The SMILES string of the molecule is CCCC(OCC(O)CN1CCCC1)c1cccc(F)c1CC.Cc1ccc(C)c(F)c1. The molecule has 1 N–H and O–H groups in total. The Morgan fingerprint density at radius 1 is 1.03 bits per heavy atom.